The Balaban J connectivity index is 2.45. The fourth-order valence-corrected chi connectivity index (χ4v) is 4.20. The number of hydrogen-bond donors (Lipinski definition) is 0. The normalized spacial score (nSPS) is 11.6. The second-order valence-corrected chi connectivity index (χ2v) is 6.41. The Morgan fingerprint density at radius 1 is 0.889 bits per heavy atom. The summed E-state index contributed by atoms with van der Waals surface area (Å²) in [5.74, 6) is 0. The first kappa shape index (κ1) is 12.9. The topological polar surface area (TPSA) is 9.23 Å². The number of ether oxygens (including phenoxy) is 1. The first-order chi connectivity index (χ1) is 8.83. The van der Waals surface area contributed by atoms with Gasteiger partial charge in [0, 0.05) is 0 Å². The van der Waals surface area contributed by atoms with Gasteiger partial charge in [0.1, 0.15) is 0 Å². The van der Waals surface area contributed by atoms with Crippen LogP contribution in [-0.2, 0) is 4.74 Å². The van der Waals surface area contributed by atoms with E-state index < -0.39 is 7.92 Å². The zero-order valence-electron chi connectivity index (χ0n) is 10.7. The highest BCUT2D eigenvalue weighted by atomic mass is 31.1. The Morgan fingerprint density at radius 2 is 1.33 bits per heavy atom. The van der Waals surface area contributed by atoms with Crippen LogP contribution in [0.2, 0.25) is 0 Å². The third-order valence-electron chi connectivity index (χ3n) is 2.67. The molecule has 0 bridgehead atoms. The molecule has 2 aromatic carbocycles. The molecule has 0 aromatic heterocycles. The average molecular weight is 256 g/mol. The molecule has 0 N–H and O–H groups in total. The molecule has 0 unspecified atom stereocenters. The summed E-state index contributed by atoms with van der Waals surface area (Å²) in [6, 6.07) is 21.2. The largest absolute Gasteiger partial charge is 0.504 e. The molecule has 0 amide bonds. The van der Waals surface area contributed by atoms with Crippen LogP contribution in [-0.4, -0.2) is 7.11 Å². The maximum absolute atomic E-state index is 5.18. The van der Waals surface area contributed by atoms with Gasteiger partial charge in [-0.25, -0.2) is 0 Å². The quantitative estimate of drug-likeness (QED) is 0.599. The number of benzene rings is 2. The number of rotatable bonds is 4. The molecule has 0 spiro atoms. The Hall–Kier alpha value is -1.59. The van der Waals surface area contributed by atoms with Crippen molar-refractivity contribution in [3.63, 3.8) is 0 Å². The van der Waals surface area contributed by atoms with E-state index in [9.17, 15) is 0 Å². The van der Waals surface area contributed by atoms with Crippen molar-refractivity contribution >= 4 is 18.5 Å². The highest BCUT2D eigenvalue weighted by Gasteiger charge is 2.15. The van der Waals surface area contributed by atoms with Crippen molar-refractivity contribution in [1.82, 2.24) is 0 Å². The van der Waals surface area contributed by atoms with E-state index in [4.69, 9.17) is 4.74 Å². The molecule has 0 atom stereocenters. The lowest BCUT2D eigenvalue weighted by Gasteiger charge is -2.19. The highest BCUT2D eigenvalue weighted by molar-refractivity contribution is 7.76. The minimum atomic E-state index is -0.482. The van der Waals surface area contributed by atoms with Crippen molar-refractivity contribution in [3.05, 3.63) is 72.2 Å². The second-order valence-electron chi connectivity index (χ2n) is 4.00. The summed E-state index contributed by atoms with van der Waals surface area (Å²) in [6.45, 7) is 2.13. The van der Waals surface area contributed by atoms with Gasteiger partial charge in [-0.05, 0) is 30.8 Å². The smallest absolute Gasteiger partial charge is 0.0864 e. The van der Waals surface area contributed by atoms with Crippen LogP contribution in [0.5, 0.6) is 0 Å². The third-order valence-corrected chi connectivity index (χ3v) is 5.11. The SMILES string of the molecule is CO/C=C(\C)P(c1ccccc1)c1ccccc1. The van der Waals surface area contributed by atoms with Gasteiger partial charge >= 0.3 is 0 Å². The van der Waals surface area contributed by atoms with Crippen molar-refractivity contribution in [1.29, 1.82) is 0 Å². The molecule has 0 radical (unpaired) electrons. The van der Waals surface area contributed by atoms with Gasteiger partial charge in [0.2, 0.25) is 0 Å². The molecule has 0 fully saturated rings. The predicted molar refractivity (Wildman–Crippen MR) is 79.8 cm³/mol. The molecule has 1 nitrogen and oxygen atoms in total. The summed E-state index contributed by atoms with van der Waals surface area (Å²) in [6.07, 6.45) is 1.85. The van der Waals surface area contributed by atoms with Crippen molar-refractivity contribution in [2.45, 2.75) is 6.92 Å². The lowest BCUT2D eigenvalue weighted by Crippen LogP contribution is -2.11. The van der Waals surface area contributed by atoms with E-state index in [0.29, 0.717) is 0 Å². The summed E-state index contributed by atoms with van der Waals surface area (Å²) in [4.78, 5) is 0. The van der Waals surface area contributed by atoms with Crippen molar-refractivity contribution < 1.29 is 4.74 Å². The maximum atomic E-state index is 5.18. The van der Waals surface area contributed by atoms with Gasteiger partial charge in [0.25, 0.3) is 0 Å². The molecule has 0 aliphatic rings. The van der Waals surface area contributed by atoms with Crippen LogP contribution in [0.4, 0.5) is 0 Å². The Kier molecular flexibility index (Phi) is 4.55. The van der Waals surface area contributed by atoms with Gasteiger partial charge in [0.05, 0.1) is 13.4 Å². The molecular weight excluding hydrogens is 239 g/mol. The predicted octanol–water partition coefficient (Wildman–Crippen LogP) is 3.63. The van der Waals surface area contributed by atoms with Crippen molar-refractivity contribution in [2.24, 2.45) is 0 Å². The van der Waals surface area contributed by atoms with Gasteiger partial charge in [-0.2, -0.15) is 0 Å². The van der Waals surface area contributed by atoms with Crippen LogP contribution in [0.25, 0.3) is 0 Å². The van der Waals surface area contributed by atoms with E-state index >= 15 is 0 Å². The third kappa shape index (κ3) is 3.00. The summed E-state index contributed by atoms with van der Waals surface area (Å²) in [7, 11) is 1.22. The fraction of sp³-hybridized carbons (Fsp3) is 0.125. The summed E-state index contributed by atoms with van der Waals surface area (Å²) < 4.78 is 5.18. The Labute approximate surface area is 110 Å². The molecule has 0 heterocycles. The first-order valence-electron chi connectivity index (χ1n) is 5.92. The molecule has 0 aliphatic carbocycles. The molecule has 0 saturated carbocycles. The molecule has 92 valence electrons. The number of hydrogen-bond acceptors (Lipinski definition) is 1. The molecule has 2 rings (SSSR count). The molecular formula is C16H17OP. The van der Waals surface area contributed by atoms with Crippen LogP contribution in [0.15, 0.2) is 72.2 Å². The van der Waals surface area contributed by atoms with Gasteiger partial charge in [-0.1, -0.05) is 60.7 Å². The van der Waals surface area contributed by atoms with Crippen molar-refractivity contribution in [3.8, 4) is 0 Å². The Morgan fingerprint density at radius 3 is 1.72 bits per heavy atom. The maximum Gasteiger partial charge on any atom is 0.0864 e. The van der Waals surface area contributed by atoms with Crippen LogP contribution >= 0.6 is 7.92 Å². The van der Waals surface area contributed by atoms with Crippen LogP contribution in [0, 0.1) is 0 Å². The lowest BCUT2D eigenvalue weighted by atomic mass is 10.4. The zero-order chi connectivity index (χ0) is 12.8. The van der Waals surface area contributed by atoms with E-state index in [1.807, 2.05) is 6.26 Å². The number of allylic oxidation sites excluding steroid dienone is 1. The zero-order valence-corrected chi connectivity index (χ0v) is 11.6. The summed E-state index contributed by atoms with van der Waals surface area (Å²) >= 11 is 0. The van der Waals surface area contributed by atoms with Gasteiger partial charge < -0.3 is 4.74 Å². The van der Waals surface area contributed by atoms with Crippen LogP contribution < -0.4 is 10.6 Å². The molecule has 18 heavy (non-hydrogen) atoms. The average Bonchev–Trinajstić information content (AvgIpc) is 2.42. The standard InChI is InChI=1S/C16H17OP/c1-14(13-17-2)18(15-9-5-3-6-10-15)16-11-7-4-8-12-16/h3-13H,1-2H3/b14-13+. The highest BCUT2D eigenvalue weighted by Crippen LogP contribution is 2.42. The minimum Gasteiger partial charge on any atom is -0.504 e. The van der Waals surface area contributed by atoms with E-state index in [2.05, 4.69) is 67.6 Å². The summed E-state index contributed by atoms with van der Waals surface area (Å²) in [5.41, 5.74) is 0. The number of methoxy groups -OCH3 is 1. The van der Waals surface area contributed by atoms with Crippen LogP contribution in [0.1, 0.15) is 6.92 Å². The molecule has 2 heteroatoms. The monoisotopic (exact) mass is 256 g/mol. The van der Waals surface area contributed by atoms with Gasteiger partial charge in [-0.15, -0.1) is 0 Å². The molecule has 0 saturated heterocycles. The van der Waals surface area contributed by atoms with Gasteiger partial charge in [0.15, 0.2) is 0 Å². The van der Waals surface area contributed by atoms with Gasteiger partial charge in [-0.3, -0.25) is 0 Å². The van der Waals surface area contributed by atoms with E-state index in [-0.39, 0.29) is 0 Å². The first-order valence-corrected chi connectivity index (χ1v) is 7.27. The fourth-order valence-electron chi connectivity index (χ4n) is 1.93. The summed E-state index contributed by atoms with van der Waals surface area (Å²) in [5, 5.41) is 3.97. The van der Waals surface area contributed by atoms with Crippen LogP contribution in [0.3, 0.4) is 0 Å². The lowest BCUT2D eigenvalue weighted by molar-refractivity contribution is 0.336. The van der Waals surface area contributed by atoms with E-state index in [1.54, 1.807) is 7.11 Å². The second kappa shape index (κ2) is 6.37. The van der Waals surface area contributed by atoms with E-state index in [0.717, 1.165) is 0 Å². The molecule has 2 aromatic rings. The minimum absolute atomic E-state index is 0.482. The van der Waals surface area contributed by atoms with E-state index in [1.165, 1.54) is 15.9 Å². The van der Waals surface area contributed by atoms with Crippen molar-refractivity contribution in [2.75, 3.05) is 7.11 Å². The molecule has 0 aliphatic heterocycles. The Bertz CT molecular complexity index is 466.